The van der Waals surface area contributed by atoms with Gasteiger partial charge in [-0.1, -0.05) is 12.1 Å². The van der Waals surface area contributed by atoms with E-state index >= 15 is 0 Å². The van der Waals surface area contributed by atoms with Gasteiger partial charge in [-0.3, -0.25) is 9.40 Å². The smallest absolute Gasteiger partial charge is 0.272 e. The lowest BCUT2D eigenvalue weighted by Crippen LogP contribution is -2.12. The van der Waals surface area contributed by atoms with Gasteiger partial charge >= 0.3 is 0 Å². The van der Waals surface area contributed by atoms with E-state index < -0.39 is 10.0 Å². The fraction of sp³-hybridized carbons (Fsp3) is 0.227. The molecule has 2 aromatic heterocycles. The molecule has 0 amide bonds. The van der Waals surface area contributed by atoms with Crippen LogP contribution in [0.5, 0.6) is 17.2 Å². The Morgan fingerprint density at radius 1 is 0.969 bits per heavy atom. The van der Waals surface area contributed by atoms with Crippen LogP contribution in [0.4, 0.5) is 5.82 Å². The van der Waals surface area contributed by atoms with Crippen molar-refractivity contribution in [2.24, 2.45) is 0 Å². The lowest BCUT2D eigenvalue weighted by Gasteiger charge is -2.10. The summed E-state index contributed by atoms with van der Waals surface area (Å²) in [6.07, 6.45) is 0. The molecular weight excluding hydrogens is 450 g/mol. The van der Waals surface area contributed by atoms with Crippen molar-refractivity contribution >= 4 is 38.1 Å². The number of ether oxygens (including phenoxy) is 3. The fourth-order valence-electron chi connectivity index (χ4n) is 3.45. The first-order valence-electron chi connectivity index (χ1n) is 9.70. The molecule has 0 aliphatic carbocycles. The van der Waals surface area contributed by atoms with Crippen LogP contribution in [0.2, 0.25) is 0 Å². The van der Waals surface area contributed by atoms with E-state index in [0.717, 1.165) is 16.0 Å². The number of anilines is 1. The second kappa shape index (κ2) is 8.71. The number of fused-ring (bicyclic) bond motifs is 1. The second-order valence-corrected chi connectivity index (χ2v) is 10.2. The molecule has 0 spiro atoms. The maximum Gasteiger partial charge on any atom is 0.272 e. The quantitative estimate of drug-likeness (QED) is 0.411. The number of methoxy groups -OCH3 is 3. The Balaban J connectivity index is 1.78. The highest BCUT2D eigenvalue weighted by Gasteiger charge is 2.23. The van der Waals surface area contributed by atoms with E-state index in [4.69, 9.17) is 14.2 Å². The van der Waals surface area contributed by atoms with E-state index in [9.17, 15) is 8.42 Å². The standard InChI is InChI=1S/C22H23N3O5S2/c1-14-8-11-20(31-14)32(26,27)24-22-21-16(6-5-7-18(21)29-3)25(23-22)13-15-9-10-17(28-2)19(12-15)30-4/h5-12H,13H2,1-4H3,(H,23,24). The van der Waals surface area contributed by atoms with Gasteiger partial charge in [0.25, 0.3) is 10.0 Å². The van der Waals surface area contributed by atoms with Crippen LogP contribution in [-0.2, 0) is 16.6 Å². The van der Waals surface area contributed by atoms with E-state index in [1.54, 1.807) is 44.2 Å². The van der Waals surface area contributed by atoms with Gasteiger partial charge in [-0.05, 0) is 48.9 Å². The van der Waals surface area contributed by atoms with Crippen molar-refractivity contribution in [1.82, 2.24) is 9.78 Å². The van der Waals surface area contributed by atoms with Crippen LogP contribution >= 0.6 is 11.3 Å². The van der Waals surface area contributed by atoms with Crippen molar-refractivity contribution < 1.29 is 22.6 Å². The van der Waals surface area contributed by atoms with Crippen molar-refractivity contribution in [3.63, 3.8) is 0 Å². The number of nitrogens with one attached hydrogen (secondary N) is 1. The van der Waals surface area contributed by atoms with Crippen LogP contribution < -0.4 is 18.9 Å². The molecule has 0 saturated heterocycles. The molecule has 0 aliphatic heterocycles. The van der Waals surface area contributed by atoms with Gasteiger partial charge in [0.1, 0.15) is 9.96 Å². The van der Waals surface area contributed by atoms with E-state index in [2.05, 4.69) is 9.82 Å². The Bertz CT molecular complexity index is 1380. The third-order valence-electron chi connectivity index (χ3n) is 4.95. The van der Waals surface area contributed by atoms with Crippen LogP contribution in [0.15, 0.2) is 52.7 Å². The van der Waals surface area contributed by atoms with E-state index in [1.165, 1.54) is 11.3 Å². The molecule has 4 rings (SSSR count). The summed E-state index contributed by atoms with van der Waals surface area (Å²) in [7, 11) is 0.915. The molecule has 0 atom stereocenters. The van der Waals surface area contributed by atoms with Crippen LogP contribution in [0.1, 0.15) is 10.4 Å². The Hall–Kier alpha value is -3.24. The van der Waals surface area contributed by atoms with Gasteiger partial charge in [0.15, 0.2) is 17.3 Å². The molecule has 8 nitrogen and oxygen atoms in total. The fourth-order valence-corrected chi connectivity index (χ4v) is 5.74. The highest BCUT2D eigenvalue weighted by atomic mass is 32.2. The number of thiophene rings is 1. The average molecular weight is 474 g/mol. The molecule has 0 aliphatic rings. The summed E-state index contributed by atoms with van der Waals surface area (Å²) in [6.45, 7) is 2.25. The number of aryl methyl sites for hydroxylation is 1. The van der Waals surface area contributed by atoms with E-state index in [0.29, 0.717) is 29.2 Å². The topological polar surface area (TPSA) is 91.7 Å². The van der Waals surface area contributed by atoms with Crippen molar-refractivity contribution in [2.75, 3.05) is 26.1 Å². The first kappa shape index (κ1) is 22.0. The number of aromatic nitrogens is 2. The number of rotatable bonds is 8. The minimum absolute atomic E-state index is 0.212. The molecular formula is C22H23N3O5S2. The number of nitrogens with zero attached hydrogens (tertiary/aromatic N) is 2. The molecule has 168 valence electrons. The number of hydrogen-bond acceptors (Lipinski definition) is 7. The van der Waals surface area contributed by atoms with Gasteiger partial charge in [-0.15, -0.1) is 11.3 Å². The summed E-state index contributed by atoms with van der Waals surface area (Å²) in [5.74, 6) is 1.97. The second-order valence-electron chi connectivity index (χ2n) is 7.02. The van der Waals surface area contributed by atoms with Crippen molar-refractivity contribution in [3.05, 3.63) is 59.0 Å². The normalized spacial score (nSPS) is 11.5. The zero-order chi connectivity index (χ0) is 22.9. The highest BCUT2D eigenvalue weighted by molar-refractivity contribution is 7.94. The summed E-state index contributed by atoms with van der Waals surface area (Å²) in [5.41, 5.74) is 1.65. The van der Waals surface area contributed by atoms with Crippen molar-refractivity contribution in [2.45, 2.75) is 17.7 Å². The summed E-state index contributed by atoms with van der Waals surface area (Å²) in [6, 6.07) is 14.4. The monoisotopic (exact) mass is 473 g/mol. The summed E-state index contributed by atoms with van der Waals surface area (Å²) in [5, 5.41) is 5.18. The third-order valence-corrected chi connectivity index (χ3v) is 7.78. The minimum atomic E-state index is -3.79. The molecule has 32 heavy (non-hydrogen) atoms. The first-order chi connectivity index (χ1) is 15.4. The molecule has 4 aromatic rings. The highest BCUT2D eigenvalue weighted by Crippen LogP contribution is 2.35. The third kappa shape index (κ3) is 4.11. The van der Waals surface area contributed by atoms with Gasteiger partial charge in [-0.25, -0.2) is 8.42 Å². The molecule has 1 N–H and O–H groups in total. The predicted molar refractivity (Wildman–Crippen MR) is 125 cm³/mol. The van der Waals surface area contributed by atoms with Crippen LogP contribution in [0, 0.1) is 6.92 Å². The van der Waals surface area contributed by atoms with Crippen LogP contribution in [0.25, 0.3) is 10.9 Å². The molecule has 0 unspecified atom stereocenters. The van der Waals surface area contributed by atoms with Crippen LogP contribution in [-0.4, -0.2) is 39.5 Å². The SMILES string of the molecule is COc1ccc(Cn2nc(NS(=O)(=O)c3ccc(C)s3)c3c(OC)cccc32)cc1OC. The number of benzene rings is 2. The van der Waals surface area contributed by atoms with Gasteiger partial charge < -0.3 is 14.2 Å². The molecule has 0 fully saturated rings. The van der Waals surface area contributed by atoms with Crippen LogP contribution in [0.3, 0.4) is 0 Å². The molecule has 2 aromatic carbocycles. The zero-order valence-corrected chi connectivity index (χ0v) is 19.7. The molecule has 10 heteroatoms. The predicted octanol–water partition coefficient (Wildman–Crippen LogP) is 4.28. The molecule has 0 saturated carbocycles. The van der Waals surface area contributed by atoms with E-state index in [-0.39, 0.29) is 10.0 Å². The van der Waals surface area contributed by atoms with Gasteiger partial charge in [-0.2, -0.15) is 5.10 Å². The Morgan fingerprint density at radius 2 is 1.72 bits per heavy atom. The maximum absolute atomic E-state index is 13.0. The molecule has 0 bridgehead atoms. The van der Waals surface area contributed by atoms with Crippen molar-refractivity contribution in [3.8, 4) is 17.2 Å². The van der Waals surface area contributed by atoms with E-state index in [1.807, 2.05) is 37.3 Å². The Labute approximate surface area is 190 Å². The summed E-state index contributed by atoms with van der Waals surface area (Å²) < 4.78 is 46.7. The van der Waals surface area contributed by atoms with Gasteiger partial charge in [0.05, 0.1) is 38.8 Å². The average Bonchev–Trinajstić information content (AvgIpc) is 3.37. The molecule has 0 radical (unpaired) electrons. The Kier molecular flexibility index (Phi) is 5.98. The van der Waals surface area contributed by atoms with Gasteiger partial charge in [0.2, 0.25) is 0 Å². The van der Waals surface area contributed by atoms with Gasteiger partial charge in [0, 0.05) is 4.88 Å². The number of hydrogen-bond donors (Lipinski definition) is 1. The lowest BCUT2D eigenvalue weighted by molar-refractivity contribution is 0.354. The first-order valence-corrected chi connectivity index (χ1v) is 12.0. The van der Waals surface area contributed by atoms with Crippen molar-refractivity contribution in [1.29, 1.82) is 0 Å². The number of sulfonamides is 1. The minimum Gasteiger partial charge on any atom is -0.496 e. The zero-order valence-electron chi connectivity index (χ0n) is 18.1. The maximum atomic E-state index is 13.0. The summed E-state index contributed by atoms with van der Waals surface area (Å²) in [4.78, 5) is 0.909. The lowest BCUT2D eigenvalue weighted by atomic mass is 10.2. The Morgan fingerprint density at radius 3 is 2.38 bits per heavy atom. The summed E-state index contributed by atoms with van der Waals surface area (Å²) >= 11 is 1.20. The molecule has 2 heterocycles. The largest absolute Gasteiger partial charge is 0.496 e.